The van der Waals surface area contributed by atoms with Crippen LogP contribution in [0.1, 0.15) is 43.7 Å². The number of rotatable bonds is 4. The second-order valence-electron chi connectivity index (χ2n) is 8.95. The predicted molar refractivity (Wildman–Crippen MR) is 122 cm³/mol. The maximum absolute atomic E-state index is 13.0. The van der Waals surface area contributed by atoms with Gasteiger partial charge in [0, 0.05) is 35.8 Å². The van der Waals surface area contributed by atoms with Gasteiger partial charge in [-0.25, -0.2) is 15.0 Å². The average molecular weight is 467 g/mol. The van der Waals surface area contributed by atoms with Crippen LogP contribution < -0.4 is 4.74 Å². The van der Waals surface area contributed by atoms with Crippen LogP contribution >= 0.6 is 0 Å². The number of hydrogen-bond donors (Lipinski definition) is 1. The maximum atomic E-state index is 13.0. The van der Waals surface area contributed by atoms with E-state index >= 15 is 0 Å². The zero-order chi connectivity index (χ0) is 23.9. The summed E-state index contributed by atoms with van der Waals surface area (Å²) < 4.78 is 45.0. The van der Waals surface area contributed by atoms with Gasteiger partial charge in [-0.05, 0) is 62.3 Å². The predicted octanol–water partition coefficient (Wildman–Crippen LogP) is 6.37. The normalized spacial score (nSPS) is 18.9. The minimum atomic E-state index is -4.46. The molecule has 34 heavy (non-hydrogen) atoms. The van der Waals surface area contributed by atoms with E-state index in [9.17, 15) is 13.2 Å². The largest absolute Gasteiger partial charge is 0.474 e. The molecule has 4 aromatic rings. The molecule has 1 N–H and O–H groups in total. The Morgan fingerprint density at radius 2 is 1.76 bits per heavy atom. The number of nitrogens with one attached hydrogen (secondary N) is 1. The molecule has 1 saturated carbocycles. The van der Waals surface area contributed by atoms with Gasteiger partial charge in [0.1, 0.15) is 11.9 Å². The lowest BCUT2D eigenvalue weighted by Crippen LogP contribution is -2.23. The number of hydrogen-bond acceptors (Lipinski definition) is 5. The van der Waals surface area contributed by atoms with Gasteiger partial charge in [0.05, 0.1) is 16.8 Å². The molecule has 0 aromatic carbocycles. The zero-order valence-electron chi connectivity index (χ0n) is 18.9. The van der Waals surface area contributed by atoms with Crippen LogP contribution in [0, 0.1) is 12.8 Å². The van der Waals surface area contributed by atoms with E-state index in [1.807, 2.05) is 25.1 Å². The van der Waals surface area contributed by atoms with E-state index in [0.717, 1.165) is 47.8 Å². The van der Waals surface area contributed by atoms with Crippen molar-refractivity contribution in [3.63, 3.8) is 0 Å². The summed E-state index contributed by atoms with van der Waals surface area (Å²) in [5.41, 5.74) is 2.77. The van der Waals surface area contributed by atoms with Gasteiger partial charge < -0.3 is 9.72 Å². The van der Waals surface area contributed by atoms with E-state index in [0.29, 0.717) is 17.3 Å². The summed E-state index contributed by atoms with van der Waals surface area (Å²) in [7, 11) is 0. The molecule has 0 bridgehead atoms. The molecule has 9 heteroatoms. The van der Waals surface area contributed by atoms with Crippen molar-refractivity contribution in [2.45, 2.75) is 51.8 Å². The van der Waals surface area contributed by atoms with Gasteiger partial charge in [0.25, 0.3) is 0 Å². The fraction of sp³-hybridized carbons (Fsp3) is 0.360. The second-order valence-corrected chi connectivity index (χ2v) is 8.95. The van der Waals surface area contributed by atoms with Crippen LogP contribution in [-0.2, 0) is 6.18 Å². The van der Waals surface area contributed by atoms with Crippen LogP contribution in [0.3, 0.4) is 0 Å². The Morgan fingerprint density at radius 1 is 0.971 bits per heavy atom. The lowest BCUT2D eigenvalue weighted by Gasteiger charge is -2.26. The molecule has 0 atom stereocenters. The lowest BCUT2D eigenvalue weighted by molar-refractivity contribution is -0.137. The minimum Gasteiger partial charge on any atom is -0.474 e. The number of halogens is 3. The van der Waals surface area contributed by atoms with E-state index < -0.39 is 11.7 Å². The van der Waals surface area contributed by atoms with E-state index in [1.54, 1.807) is 12.4 Å². The molecule has 1 aliphatic rings. The Morgan fingerprint density at radius 3 is 2.44 bits per heavy atom. The minimum absolute atomic E-state index is 0.221. The fourth-order valence-corrected chi connectivity index (χ4v) is 4.26. The fourth-order valence-electron chi connectivity index (χ4n) is 4.26. The number of aromatic nitrogens is 5. The van der Waals surface area contributed by atoms with Crippen molar-refractivity contribution in [2.75, 3.05) is 0 Å². The maximum Gasteiger partial charge on any atom is 0.417 e. The highest BCUT2D eigenvalue weighted by Gasteiger charge is 2.31. The molecule has 0 unspecified atom stereocenters. The Balaban J connectivity index is 1.34. The van der Waals surface area contributed by atoms with Gasteiger partial charge in [0.2, 0.25) is 5.88 Å². The van der Waals surface area contributed by atoms with Crippen LogP contribution in [0.4, 0.5) is 13.2 Å². The summed E-state index contributed by atoms with van der Waals surface area (Å²) in [5.74, 6) is 1.80. The molecule has 1 fully saturated rings. The van der Waals surface area contributed by atoms with Crippen molar-refractivity contribution in [1.29, 1.82) is 0 Å². The molecular formula is C25H24F3N5O. The Labute approximate surface area is 194 Å². The van der Waals surface area contributed by atoms with E-state index in [-0.39, 0.29) is 17.3 Å². The van der Waals surface area contributed by atoms with Gasteiger partial charge >= 0.3 is 6.18 Å². The molecule has 0 saturated heterocycles. The van der Waals surface area contributed by atoms with Crippen LogP contribution in [0.5, 0.6) is 5.88 Å². The number of fused-ring (bicyclic) bond motifs is 1. The smallest absolute Gasteiger partial charge is 0.417 e. The summed E-state index contributed by atoms with van der Waals surface area (Å²) in [6.45, 7) is 4.18. The molecule has 176 valence electrons. The highest BCUT2D eigenvalue weighted by Crippen LogP contribution is 2.32. The van der Waals surface area contributed by atoms with Crippen LogP contribution in [-0.4, -0.2) is 31.0 Å². The van der Waals surface area contributed by atoms with E-state index in [1.165, 1.54) is 12.8 Å². The topological polar surface area (TPSA) is 76.6 Å². The number of H-pyrrole nitrogens is 1. The molecule has 4 aromatic heterocycles. The number of pyridine rings is 3. The van der Waals surface area contributed by atoms with Crippen molar-refractivity contribution in [1.82, 2.24) is 24.9 Å². The summed E-state index contributed by atoms with van der Waals surface area (Å²) in [6, 6.07) is 6.71. The third kappa shape index (κ3) is 4.60. The number of ether oxygens (including phenoxy) is 1. The van der Waals surface area contributed by atoms with Gasteiger partial charge in [0.15, 0.2) is 5.65 Å². The summed E-state index contributed by atoms with van der Waals surface area (Å²) in [5, 5.41) is 0. The molecule has 5 rings (SSSR count). The first kappa shape index (κ1) is 22.3. The summed E-state index contributed by atoms with van der Waals surface area (Å²) >= 11 is 0. The van der Waals surface area contributed by atoms with Crippen LogP contribution in [0.25, 0.3) is 33.8 Å². The average Bonchev–Trinajstić information content (AvgIpc) is 3.23. The second kappa shape index (κ2) is 8.70. The van der Waals surface area contributed by atoms with Crippen molar-refractivity contribution in [2.24, 2.45) is 5.92 Å². The van der Waals surface area contributed by atoms with Crippen molar-refractivity contribution >= 4 is 11.2 Å². The monoisotopic (exact) mass is 467 g/mol. The molecule has 0 spiro atoms. The zero-order valence-corrected chi connectivity index (χ0v) is 18.9. The van der Waals surface area contributed by atoms with Crippen LogP contribution in [0.15, 0.2) is 42.9 Å². The lowest BCUT2D eigenvalue weighted by atomic mass is 9.89. The highest BCUT2D eigenvalue weighted by atomic mass is 19.4. The van der Waals surface area contributed by atoms with E-state index in [2.05, 4.69) is 31.8 Å². The number of aryl methyl sites for hydroxylation is 1. The van der Waals surface area contributed by atoms with Crippen molar-refractivity contribution in [3.05, 3.63) is 54.0 Å². The number of nitrogens with zero attached hydrogens (tertiary/aromatic N) is 4. The Hall–Kier alpha value is -3.49. The van der Waals surface area contributed by atoms with Gasteiger partial charge in [-0.15, -0.1) is 0 Å². The number of imidazole rings is 1. The highest BCUT2D eigenvalue weighted by molar-refractivity contribution is 5.77. The number of aromatic amines is 1. The molecular weight excluding hydrogens is 443 g/mol. The quantitative estimate of drug-likeness (QED) is 0.378. The molecule has 6 nitrogen and oxygen atoms in total. The third-order valence-electron chi connectivity index (χ3n) is 6.31. The Kier molecular flexibility index (Phi) is 5.71. The van der Waals surface area contributed by atoms with Gasteiger partial charge in [-0.3, -0.25) is 4.98 Å². The van der Waals surface area contributed by atoms with E-state index in [4.69, 9.17) is 4.74 Å². The van der Waals surface area contributed by atoms with Gasteiger partial charge in [-0.2, -0.15) is 13.2 Å². The Bertz CT molecular complexity index is 1310. The molecule has 0 aliphatic heterocycles. The standard InChI is InChI=1S/C25H24F3N5O/c1-14-3-6-18(7-4-14)34-22-8-5-16(11-30-22)20-9-15(2)19(13-29-20)23-32-21-10-17(25(26,27)28)12-31-24(21)33-23/h5,8-14,18H,3-4,6-7H2,1-2H3,(H,31,32,33)/t14-,18+. The van der Waals surface area contributed by atoms with Crippen molar-refractivity contribution in [3.8, 4) is 28.5 Å². The summed E-state index contributed by atoms with van der Waals surface area (Å²) in [6.07, 6.45) is 4.42. The first-order valence-electron chi connectivity index (χ1n) is 11.3. The third-order valence-corrected chi connectivity index (χ3v) is 6.31. The number of alkyl halides is 3. The summed E-state index contributed by atoms with van der Waals surface area (Å²) in [4.78, 5) is 20.1. The molecule has 0 amide bonds. The molecule has 4 heterocycles. The van der Waals surface area contributed by atoms with Crippen LogP contribution in [0.2, 0.25) is 0 Å². The first-order chi connectivity index (χ1) is 16.3. The van der Waals surface area contributed by atoms with Gasteiger partial charge in [-0.1, -0.05) is 6.92 Å². The molecule has 1 aliphatic carbocycles. The SMILES string of the molecule is Cc1cc(-c2ccc(O[C@H]3CC[C@@H](C)CC3)nc2)ncc1-c1nc2ncc(C(F)(F)F)cc2[nH]1. The van der Waals surface area contributed by atoms with Crippen molar-refractivity contribution < 1.29 is 17.9 Å². The first-order valence-corrected chi connectivity index (χ1v) is 11.3. The molecule has 0 radical (unpaired) electrons.